The van der Waals surface area contributed by atoms with Crippen molar-refractivity contribution in [3.8, 4) is 0 Å². The molecular formula is C10H19N3O2. The summed E-state index contributed by atoms with van der Waals surface area (Å²) in [6.45, 7) is 3.64. The maximum absolute atomic E-state index is 12.0. The molecule has 5 nitrogen and oxygen atoms in total. The second-order valence-electron chi connectivity index (χ2n) is 4.32. The van der Waals surface area contributed by atoms with E-state index in [1.165, 1.54) is 4.90 Å². The van der Waals surface area contributed by atoms with Crippen molar-refractivity contribution in [3.63, 3.8) is 0 Å². The molecule has 0 aliphatic carbocycles. The van der Waals surface area contributed by atoms with Crippen LogP contribution in [0.5, 0.6) is 0 Å². The number of nitrogens with one attached hydrogen (secondary N) is 2. The predicted octanol–water partition coefficient (Wildman–Crippen LogP) is -0.810. The first-order valence-electron chi connectivity index (χ1n) is 5.16. The van der Waals surface area contributed by atoms with Crippen LogP contribution in [0.15, 0.2) is 0 Å². The Morgan fingerprint density at radius 2 is 2.20 bits per heavy atom. The lowest BCUT2D eigenvalue weighted by Gasteiger charge is -2.27. The van der Waals surface area contributed by atoms with Crippen LogP contribution in [0, 0.1) is 5.41 Å². The largest absolute Gasteiger partial charge is 0.358 e. The number of carbonyl (C=O) groups is 2. The highest BCUT2D eigenvalue weighted by Crippen LogP contribution is 2.26. The van der Waals surface area contributed by atoms with E-state index in [0.29, 0.717) is 6.54 Å². The Hall–Kier alpha value is -1.10. The first kappa shape index (κ1) is 12.0. The van der Waals surface area contributed by atoms with Crippen molar-refractivity contribution in [1.29, 1.82) is 0 Å². The molecule has 0 saturated carbocycles. The van der Waals surface area contributed by atoms with E-state index in [1.807, 2.05) is 6.92 Å². The molecule has 0 bridgehead atoms. The molecule has 1 saturated heterocycles. The number of amides is 2. The highest BCUT2D eigenvalue weighted by molar-refractivity contribution is 5.87. The third-order valence-electron chi connectivity index (χ3n) is 2.89. The number of hydrogen-bond acceptors (Lipinski definition) is 3. The van der Waals surface area contributed by atoms with Gasteiger partial charge in [-0.25, -0.2) is 0 Å². The van der Waals surface area contributed by atoms with Crippen LogP contribution in [0.3, 0.4) is 0 Å². The second kappa shape index (κ2) is 4.61. The lowest BCUT2D eigenvalue weighted by atomic mass is 9.88. The lowest BCUT2D eigenvalue weighted by molar-refractivity contribution is -0.141. The summed E-state index contributed by atoms with van der Waals surface area (Å²) in [6, 6.07) is 0. The molecule has 0 spiro atoms. The third-order valence-corrected chi connectivity index (χ3v) is 2.89. The second-order valence-corrected chi connectivity index (χ2v) is 4.32. The predicted molar refractivity (Wildman–Crippen MR) is 57.3 cm³/mol. The third kappa shape index (κ3) is 2.68. The Morgan fingerprint density at radius 1 is 1.53 bits per heavy atom. The molecule has 0 aromatic heterocycles. The van der Waals surface area contributed by atoms with Crippen molar-refractivity contribution in [3.05, 3.63) is 0 Å². The molecule has 1 aliphatic heterocycles. The van der Waals surface area contributed by atoms with Crippen LogP contribution in [-0.4, -0.2) is 50.4 Å². The fourth-order valence-electron chi connectivity index (χ4n) is 1.83. The highest BCUT2D eigenvalue weighted by atomic mass is 16.2. The molecule has 5 heteroatoms. The summed E-state index contributed by atoms with van der Waals surface area (Å²) < 4.78 is 0. The maximum atomic E-state index is 12.0. The number of rotatable bonds is 3. The van der Waals surface area contributed by atoms with E-state index in [-0.39, 0.29) is 23.8 Å². The molecule has 2 N–H and O–H groups in total. The van der Waals surface area contributed by atoms with Gasteiger partial charge in [-0.1, -0.05) is 0 Å². The van der Waals surface area contributed by atoms with Gasteiger partial charge in [0, 0.05) is 20.6 Å². The molecular weight excluding hydrogens is 194 g/mol. The molecule has 1 heterocycles. The van der Waals surface area contributed by atoms with Gasteiger partial charge >= 0.3 is 0 Å². The zero-order valence-electron chi connectivity index (χ0n) is 9.59. The Morgan fingerprint density at radius 3 is 2.67 bits per heavy atom. The number of likely N-dealkylation sites (N-methyl/N-ethyl adjacent to an activating group) is 2. The Kier molecular flexibility index (Phi) is 3.68. The van der Waals surface area contributed by atoms with Crippen LogP contribution < -0.4 is 10.6 Å². The first-order valence-corrected chi connectivity index (χ1v) is 5.16. The van der Waals surface area contributed by atoms with E-state index in [2.05, 4.69) is 10.6 Å². The standard InChI is InChI=1S/C10H19N3O2/c1-10(4-5-12-7-10)9(15)13(3)6-8(14)11-2/h12H,4-7H2,1-3H3,(H,11,14). The van der Waals surface area contributed by atoms with E-state index in [4.69, 9.17) is 0 Å². The van der Waals surface area contributed by atoms with Gasteiger partial charge in [-0.3, -0.25) is 9.59 Å². The molecule has 1 unspecified atom stereocenters. The summed E-state index contributed by atoms with van der Waals surface area (Å²) in [4.78, 5) is 24.6. The molecule has 15 heavy (non-hydrogen) atoms. The highest BCUT2D eigenvalue weighted by Gasteiger charge is 2.38. The minimum absolute atomic E-state index is 0.0381. The molecule has 0 radical (unpaired) electrons. The van der Waals surface area contributed by atoms with Crippen LogP contribution in [0.2, 0.25) is 0 Å². The fourth-order valence-corrected chi connectivity index (χ4v) is 1.83. The topological polar surface area (TPSA) is 61.4 Å². The smallest absolute Gasteiger partial charge is 0.239 e. The summed E-state index contributed by atoms with van der Waals surface area (Å²) >= 11 is 0. The monoisotopic (exact) mass is 213 g/mol. The van der Waals surface area contributed by atoms with Crippen LogP contribution in [0.25, 0.3) is 0 Å². The van der Waals surface area contributed by atoms with Crippen molar-refractivity contribution >= 4 is 11.8 Å². The van der Waals surface area contributed by atoms with Gasteiger partial charge in [0.15, 0.2) is 0 Å². The maximum Gasteiger partial charge on any atom is 0.239 e. The number of hydrogen-bond donors (Lipinski definition) is 2. The van der Waals surface area contributed by atoms with Gasteiger partial charge in [0.2, 0.25) is 11.8 Å². The Balaban J connectivity index is 2.55. The van der Waals surface area contributed by atoms with Gasteiger partial charge in [-0.2, -0.15) is 0 Å². The number of nitrogens with zero attached hydrogens (tertiary/aromatic N) is 1. The summed E-state index contributed by atoms with van der Waals surface area (Å²) in [6.07, 6.45) is 0.837. The normalized spacial score (nSPS) is 25.0. The van der Waals surface area contributed by atoms with Gasteiger partial charge in [0.25, 0.3) is 0 Å². The van der Waals surface area contributed by atoms with Crippen LogP contribution in [-0.2, 0) is 9.59 Å². The van der Waals surface area contributed by atoms with Gasteiger partial charge < -0.3 is 15.5 Å². The van der Waals surface area contributed by atoms with Crippen molar-refractivity contribution in [2.24, 2.45) is 5.41 Å². The van der Waals surface area contributed by atoms with Gasteiger partial charge in [-0.15, -0.1) is 0 Å². The van der Waals surface area contributed by atoms with Crippen LogP contribution in [0.4, 0.5) is 0 Å². The van der Waals surface area contributed by atoms with Crippen molar-refractivity contribution in [1.82, 2.24) is 15.5 Å². The fraction of sp³-hybridized carbons (Fsp3) is 0.800. The van der Waals surface area contributed by atoms with Gasteiger partial charge in [0.1, 0.15) is 0 Å². The van der Waals surface area contributed by atoms with E-state index in [0.717, 1.165) is 13.0 Å². The Labute approximate surface area is 90.2 Å². The molecule has 1 fully saturated rings. The lowest BCUT2D eigenvalue weighted by Crippen LogP contribution is -2.45. The van der Waals surface area contributed by atoms with Gasteiger partial charge in [-0.05, 0) is 19.9 Å². The Bertz CT molecular complexity index is 259. The van der Waals surface area contributed by atoms with E-state index >= 15 is 0 Å². The molecule has 1 atom stereocenters. The first-order chi connectivity index (χ1) is 6.99. The van der Waals surface area contributed by atoms with E-state index in [1.54, 1.807) is 14.1 Å². The quantitative estimate of drug-likeness (QED) is 0.644. The molecule has 0 aromatic carbocycles. The van der Waals surface area contributed by atoms with Crippen molar-refractivity contribution < 1.29 is 9.59 Å². The summed E-state index contributed by atoms with van der Waals surface area (Å²) in [5.41, 5.74) is -0.344. The molecule has 86 valence electrons. The minimum Gasteiger partial charge on any atom is -0.358 e. The van der Waals surface area contributed by atoms with Crippen molar-refractivity contribution in [2.75, 3.05) is 33.7 Å². The SMILES string of the molecule is CNC(=O)CN(C)C(=O)C1(C)CCNC1. The zero-order valence-corrected chi connectivity index (χ0v) is 9.59. The van der Waals surface area contributed by atoms with E-state index in [9.17, 15) is 9.59 Å². The summed E-state index contributed by atoms with van der Waals surface area (Å²) in [5, 5.41) is 5.67. The molecule has 0 aromatic rings. The van der Waals surface area contributed by atoms with Gasteiger partial charge in [0.05, 0.1) is 12.0 Å². The summed E-state index contributed by atoms with van der Waals surface area (Å²) in [5.74, 6) is -0.100. The van der Waals surface area contributed by atoms with Crippen LogP contribution in [0.1, 0.15) is 13.3 Å². The van der Waals surface area contributed by atoms with E-state index < -0.39 is 0 Å². The average Bonchev–Trinajstić information content (AvgIpc) is 2.65. The molecule has 1 aliphatic rings. The zero-order chi connectivity index (χ0) is 11.5. The molecule has 2 amide bonds. The van der Waals surface area contributed by atoms with Crippen molar-refractivity contribution in [2.45, 2.75) is 13.3 Å². The molecule has 1 rings (SSSR count). The summed E-state index contributed by atoms with van der Waals surface area (Å²) in [7, 11) is 3.24. The van der Waals surface area contributed by atoms with Crippen LogP contribution >= 0.6 is 0 Å². The minimum atomic E-state index is -0.344. The number of carbonyl (C=O) groups excluding carboxylic acids is 2. The average molecular weight is 213 g/mol.